The van der Waals surface area contributed by atoms with Crippen molar-refractivity contribution in [2.24, 2.45) is 0 Å². The maximum Gasteiger partial charge on any atom is 0.329 e. The highest BCUT2D eigenvalue weighted by molar-refractivity contribution is 5.80. The molecule has 0 spiro atoms. The van der Waals surface area contributed by atoms with Crippen molar-refractivity contribution in [3.05, 3.63) is 12.7 Å². The number of hydrogen-bond donors (Lipinski definition) is 0. The Morgan fingerprint density at radius 1 is 1.46 bits per heavy atom. The van der Waals surface area contributed by atoms with Crippen LogP contribution in [0.4, 0.5) is 0 Å². The molecule has 0 radical (unpaired) electrons. The first-order valence-electron chi connectivity index (χ1n) is 4.63. The van der Waals surface area contributed by atoms with Gasteiger partial charge in [0.1, 0.15) is 0 Å². The number of hydrogen-bond acceptors (Lipinski definition) is 3. The molecule has 74 valence electrons. The predicted octanol–water partition coefficient (Wildman–Crippen LogP) is 1.67. The lowest BCUT2D eigenvalue weighted by Gasteiger charge is -2.00. The summed E-state index contributed by atoms with van der Waals surface area (Å²) in [6.45, 7) is 3.16. The van der Waals surface area contributed by atoms with Gasteiger partial charge < -0.3 is 9.47 Å². The second-order valence-corrected chi connectivity index (χ2v) is 3.22. The van der Waals surface area contributed by atoms with E-state index >= 15 is 0 Å². The smallest absolute Gasteiger partial charge is 0.329 e. The Bertz CT molecular complexity index is 179. The van der Waals surface area contributed by atoms with Crippen LogP contribution in [0.25, 0.3) is 0 Å². The molecule has 1 aliphatic heterocycles. The van der Waals surface area contributed by atoms with Gasteiger partial charge in [0.15, 0.2) is 0 Å². The van der Waals surface area contributed by atoms with E-state index in [0.29, 0.717) is 12.2 Å². The van der Waals surface area contributed by atoms with E-state index in [-0.39, 0.29) is 0 Å². The van der Waals surface area contributed by atoms with Crippen molar-refractivity contribution in [2.75, 3.05) is 7.11 Å². The van der Waals surface area contributed by atoms with Crippen molar-refractivity contribution in [3.63, 3.8) is 0 Å². The monoisotopic (exact) mass is 184 g/mol. The molecule has 13 heavy (non-hydrogen) atoms. The molecule has 1 saturated heterocycles. The van der Waals surface area contributed by atoms with Crippen molar-refractivity contribution in [1.29, 1.82) is 0 Å². The molecule has 0 aromatic carbocycles. The Morgan fingerprint density at radius 2 is 2.00 bits per heavy atom. The van der Waals surface area contributed by atoms with E-state index in [4.69, 9.17) is 4.74 Å². The molecule has 0 N–H and O–H groups in total. The van der Waals surface area contributed by atoms with Crippen LogP contribution in [-0.2, 0) is 14.3 Å². The Kier molecular flexibility index (Phi) is 3.96. The van der Waals surface area contributed by atoms with Crippen molar-refractivity contribution in [2.45, 2.75) is 37.9 Å². The van der Waals surface area contributed by atoms with Crippen LogP contribution >= 0.6 is 0 Å². The van der Waals surface area contributed by atoms with Crippen LogP contribution in [0.5, 0.6) is 0 Å². The highest BCUT2D eigenvalue weighted by Crippen LogP contribution is 2.35. The van der Waals surface area contributed by atoms with Gasteiger partial charge in [-0.25, -0.2) is 4.79 Å². The molecule has 0 aromatic heterocycles. The zero-order valence-corrected chi connectivity index (χ0v) is 7.99. The quantitative estimate of drug-likeness (QED) is 0.353. The molecule has 2 rings (SSSR count). The minimum absolute atomic E-state index is 0.394. The number of carbonyl (C=O) groups excluding carboxylic acids is 1. The number of carbonyl (C=O) groups is 1. The minimum Gasteiger partial charge on any atom is -0.466 e. The predicted molar refractivity (Wildman–Crippen MR) is 49.3 cm³/mol. The lowest BCUT2D eigenvalue weighted by molar-refractivity contribution is -0.134. The summed E-state index contributed by atoms with van der Waals surface area (Å²) in [5, 5.41) is 0. The first-order valence-corrected chi connectivity index (χ1v) is 4.63. The summed E-state index contributed by atoms with van der Waals surface area (Å²) in [6.07, 6.45) is 8.00. The molecule has 1 aliphatic carbocycles. The fraction of sp³-hybridized carbons (Fsp3) is 0.700. The van der Waals surface area contributed by atoms with E-state index in [9.17, 15) is 4.79 Å². The summed E-state index contributed by atoms with van der Waals surface area (Å²) in [5.41, 5.74) is 0. The van der Waals surface area contributed by atoms with Gasteiger partial charge in [-0.05, 0) is 12.8 Å². The molecule has 3 nitrogen and oxygen atoms in total. The average molecular weight is 184 g/mol. The van der Waals surface area contributed by atoms with Gasteiger partial charge in [0.2, 0.25) is 0 Å². The fourth-order valence-electron chi connectivity index (χ4n) is 1.46. The van der Waals surface area contributed by atoms with Crippen molar-refractivity contribution in [1.82, 2.24) is 0 Å². The third kappa shape index (κ3) is 3.59. The SMILES string of the molecule is C1CCC2OC2C1.C=CC(=O)OC. The van der Waals surface area contributed by atoms with Crippen LogP contribution in [0.2, 0.25) is 0 Å². The first-order chi connectivity index (χ1) is 6.27. The van der Waals surface area contributed by atoms with E-state index in [2.05, 4.69) is 11.3 Å². The Morgan fingerprint density at radius 3 is 2.23 bits per heavy atom. The summed E-state index contributed by atoms with van der Waals surface area (Å²) in [7, 11) is 1.31. The largest absolute Gasteiger partial charge is 0.466 e. The van der Waals surface area contributed by atoms with Gasteiger partial charge in [0, 0.05) is 6.08 Å². The van der Waals surface area contributed by atoms with Gasteiger partial charge in [-0.2, -0.15) is 0 Å². The summed E-state index contributed by atoms with van der Waals surface area (Å²) in [6, 6.07) is 0. The number of esters is 1. The average Bonchev–Trinajstić information content (AvgIpc) is 2.96. The van der Waals surface area contributed by atoms with Crippen LogP contribution in [0, 0.1) is 0 Å². The molecule has 1 saturated carbocycles. The van der Waals surface area contributed by atoms with Crippen LogP contribution in [0.1, 0.15) is 25.7 Å². The summed E-state index contributed by atoms with van der Waals surface area (Å²) in [4.78, 5) is 9.84. The van der Waals surface area contributed by atoms with E-state index in [1.807, 2.05) is 0 Å². The highest BCUT2D eigenvalue weighted by Gasteiger charge is 2.39. The molecular formula is C10H16O3. The van der Waals surface area contributed by atoms with Gasteiger partial charge in [0.05, 0.1) is 19.3 Å². The van der Waals surface area contributed by atoms with Gasteiger partial charge in [-0.1, -0.05) is 19.4 Å². The van der Waals surface area contributed by atoms with E-state index in [1.54, 1.807) is 0 Å². The standard InChI is InChI=1S/C6H10O.C4H6O2/c1-2-4-6-5(3-1)7-6;1-3-4(5)6-2/h5-6H,1-4H2;3H,1H2,2H3. The number of fused-ring (bicyclic) bond motifs is 1. The molecule has 0 amide bonds. The Hall–Kier alpha value is -0.830. The fourth-order valence-corrected chi connectivity index (χ4v) is 1.46. The maximum absolute atomic E-state index is 9.84. The molecule has 0 bridgehead atoms. The second-order valence-electron chi connectivity index (χ2n) is 3.22. The minimum atomic E-state index is -0.394. The van der Waals surface area contributed by atoms with Gasteiger partial charge in [-0.15, -0.1) is 0 Å². The van der Waals surface area contributed by atoms with Crippen LogP contribution in [0.3, 0.4) is 0 Å². The Labute approximate surface area is 78.7 Å². The third-order valence-corrected chi connectivity index (χ3v) is 2.28. The number of epoxide rings is 1. The van der Waals surface area contributed by atoms with Crippen LogP contribution in [-0.4, -0.2) is 25.3 Å². The molecule has 2 aliphatic rings. The lowest BCUT2D eigenvalue weighted by Crippen LogP contribution is -2.00. The highest BCUT2D eigenvalue weighted by atomic mass is 16.6. The molecule has 2 fully saturated rings. The van der Waals surface area contributed by atoms with E-state index in [1.165, 1.54) is 32.8 Å². The summed E-state index contributed by atoms with van der Waals surface area (Å²) in [5.74, 6) is -0.394. The third-order valence-electron chi connectivity index (χ3n) is 2.28. The zero-order valence-electron chi connectivity index (χ0n) is 7.99. The normalized spacial score (nSPS) is 29.0. The van der Waals surface area contributed by atoms with Gasteiger partial charge in [-0.3, -0.25) is 0 Å². The molecule has 3 heteroatoms. The van der Waals surface area contributed by atoms with Crippen molar-refractivity contribution in [3.8, 4) is 0 Å². The topological polar surface area (TPSA) is 38.8 Å². The molecule has 2 atom stereocenters. The van der Waals surface area contributed by atoms with E-state index in [0.717, 1.165) is 6.08 Å². The molecule has 0 aromatic rings. The van der Waals surface area contributed by atoms with Crippen LogP contribution < -0.4 is 0 Å². The van der Waals surface area contributed by atoms with E-state index < -0.39 is 5.97 Å². The number of ether oxygens (including phenoxy) is 2. The maximum atomic E-state index is 9.84. The van der Waals surface area contributed by atoms with Gasteiger partial charge >= 0.3 is 5.97 Å². The number of methoxy groups -OCH3 is 1. The molecular weight excluding hydrogens is 168 g/mol. The Balaban J connectivity index is 0.000000133. The summed E-state index contributed by atoms with van der Waals surface area (Å²) >= 11 is 0. The first kappa shape index (κ1) is 10.3. The number of rotatable bonds is 1. The van der Waals surface area contributed by atoms with Crippen molar-refractivity contribution < 1.29 is 14.3 Å². The van der Waals surface area contributed by atoms with Crippen LogP contribution in [0.15, 0.2) is 12.7 Å². The summed E-state index contributed by atoms with van der Waals surface area (Å²) < 4.78 is 9.42. The van der Waals surface area contributed by atoms with Gasteiger partial charge in [0.25, 0.3) is 0 Å². The zero-order chi connectivity index (χ0) is 9.68. The van der Waals surface area contributed by atoms with Crippen molar-refractivity contribution >= 4 is 5.97 Å². The molecule has 1 heterocycles. The lowest BCUT2D eigenvalue weighted by atomic mass is 10.0. The molecule has 2 unspecified atom stereocenters. The second kappa shape index (κ2) is 5.02.